The van der Waals surface area contributed by atoms with Crippen molar-refractivity contribution in [2.75, 3.05) is 13.1 Å². The van der Waals surface area contributed by atoms with E-state index < -0.39 is 26.6 Å². The molecule has 1 saturated heterocycles. The Balaban J connectivity index is 2.41. The van der Waals surface area contributed by atoms with Gasteiger partial charge in [-0.05, 0) is 36.5 Å². The van der Waals surface area contributed by atoms with Crippen LogP contribution in [0.25, 0.3) is 0 Å². The lowest BCUT2D eigenvalue weighted by molar-refractivity contribution is 0.260. The molecular formula is C14H20F2N2O2S. The van der Waals surface area contributed by atoms with E-state index in [1.54, 1.807) is 0 Å². The monoisotopic (exact) mass is 318 g/mol. The summed E-state index contributed by atoms with van der Waals surface area (Å²) in [5.74, 6) is -2.24. The molecule has 1 aromatic carbocycles. The molecule has 1 aromatic rings. The highest BCUT2D eigenvalue weighted by Crippen LogP contribution is 2.28. The first-order valence-corrected chi connectivity index (χ1v) is 8.52. The second-order valence-corrected chi connectivity index (χ2v) is 7.28. The molecule has 0 aliphatic carbocycles. The summed E-state index contributed by atoms with van der Waals surface area (Å²) in [7, 11) is -4.03. The van der Waals surface area contributed by atoms with Gasteiger partial charge in [0.25, 0.3) is 0 Å². The van der Waals surface area contributed by atoms with Crippen LogP contribution < -0.4 is 5.73 Å². The van der Waals surface area contributed by atoms with E-state index in [1.807, 2.05) is 6.92 Å². The molecule has 1 atom stereocenters. The highest BCUT2D eigenvalue weighted by molar-refractivity contribution is 7.89. The molecule has 4 nitrogen and oxygen atoms in total. The van der Waals surface area contributed by atoms with Crippen LogP contribution in [0.4, 0.5) is 8.78 Å². The molecule has 2 N–H and O–H groups in total. The number of hydrogen-bond acceptors (Lipinski definition) is 3. The highest BCUT2D eigenvalue weighted by Gasteiger charge is 2.32. The Bertz CT molecular complexity index is 620. The molecule has 1 fully saturated rings. The molecular weight excluding hydrogens is 298 g/mol. The Labute approximate surface area is 124 Å². The second-order valence-electron chi connectivity index (χ2n) is 5.37. The summed E-state index contributed by atoms with van der Waals surface area (Å²) in [5.41, 5.74) is 5.67. The first-order valence-electron chi connectivity index (χ1n) is 7.08. The minimum atomic E-state index is -4.03. The predicted octanol–water partition coefficient (Wildman–Crippen LogP) is 2.23. The number of halogens is 2. The van der Waals surface area contributed by atoms with E-state index in [9.17, 15) is 17.2 Å². The fraction of sp³-hybridized carbons (Fsp3) is 0.571. The van der Waals surface area contributed by atoms with Crippen LogP contribution in [0.1, 0.15) is 31.7 Å². The lowest BCUT2D eigenvalue weighted by Crippen LogP contribution is -2.40. The number of nitrogens with two attached hydrogens (primary N) is 1. The van der Waals surface area contributed by atoms with Crippen molar-refractivity contribution < 1.29 is 17.2 Å². The van der Waals surface area contributed by atoms with Gasteiger partial charge in [0.05, 0.1) is 0 Å². The normalized spacial score (nSPS) is 20.7. The van der Waals surface area contributed by atoms with Gasteiger partial charge in [0.2, 0.25) is 10.0 Å². The number of benzene rings is 1. The van der Waals surface area contributed by atoms with Crippen molar-refractivity contribution in [2.24, 2.45) is 11.7 Å². The van der Waals surface area contributed by atoms with Gasteiger partial charge in [-0.3, -0.25) is 0 Å². The summed E-state index contributed by atoms with van der Waals surface area (Å²) in [5, 5.41) is 0. The largest absolute Gasteiger partial charge is 0.326 e. The second kappa shape index (κ2) is 6.37. The topological polar surface area (TPSA) is 63.4 Å². The van der Waals surface area contributed by atoms with Crippen molar-refractivity contribution in [3.8, 4) is 0 Å². The van der Waals surface area contributed by atoms with E-state index in [1.165, 1.54) is 4.31 Å². The first kappa shape index (κ1) is 16.3. The van der Waals surface area contributed by atoms with Gasteiger partial charge in [-0.15, -0.1) is 0 Å². The highest BCUT2D eigenvalue weighted by atomic mass is 32.2. The lowest BCUT2D eigenvalue weighted by atomic mass is 9.97. The lowest BCUT2D eigenvalue weighted by Gasteiger charge is -2.31. The maximum Gasteiger partial charge on any atom is 0.246 e. The third-order valence-electron chi connectivity index (χ3n) is 3.97. The fourth-order valence-corrected chi connectivity index (χ4v) is 4.32. The average Bonchev–Trinajstić information content (AvgIpc) is 2.49. The predicted molar refractivity (Wildman–Crippen MR) is 76.0 cm³/mol. The Morgan fingerprint density at radius 3 is 2.71 bits per heavy atom. The Morgan fingerprint density at radius 1 is 1.38 bits per heavy atom. The first-order chi connectivity index (χ1) is 9.90. The SMILES string of the molecule is CCC1CCCN(S(=O)(=O)c2cc(CN)cc(F)c2F)C1. The van der Waals surface area contributed by atoms with Crippen LogP contribution in [0.15, 0.2) is 17.0 Å². The molecule has 0 saturated carbocycles. The standard InChI is InChI=1S/C14H20F2N2O2S/c1-2-10-4-3-5-18(9-10)21(19,20)13-7-11(8-17)6-12(15)14(13)16/h6-7,10H,2-5,8-9,17H2,1H3. The summed E-state index contributed by atoms with van der Waals surface area (Å²) in [6, 6.07) is 2.06. The molecule has 0 spiro atoms. The van der Waals surface area contributed by atoms with E-state index in [0.29, 0.717) is 13.1 Å². The number of piperidine rings is 1. The maximum atomic E-state index is 13.9. The van der Waals surface area contributed by atoms with Crippen molar-refractivity contribution in [2.45, 2.75) is 37.6 Å². The third-order valence-corrected chi connectivity index (χ3v) is 5.83. The third kappa shape index (κ3) is 3.25. The number of rotatable bonds is 4. The average molecular weight is 318 g/mol. The van der Waals surface area contributed by atoms with Crippen LogP contribution in [0.2, 0.25) is 0 Å². The molecule has 1 aliphatic heterocycles. The molecule has 0 radical (unpaired) electrons. The van der Waals surface area contributed by atoms with Crippen LogP contribution in [0.5, 0.6) is 0 Å². The summed E-state index contributed by atoms with van der Waals surface area (Å²) >= 11 is 0. The van der Waals surface area contributed by atoms with Gasteiger partial charge in [0.1, 0.15) is 4.90 Å². The van der Waals surface area contributed by atoms with Crippen molar-refractivity contribution in [1.82, 2.24) is 4.31 Å². The van der Waals surface area contributed by atoms with E-state index in [0.717, 1.165) is 31.4 Å². The van der Waals surface area contributed by atoms with E-state index in [-0.39, 0.29) is 18.0 Å². The van der Waals surface area contributed by atoms with Gasteiger partial charge < -0.3 is 5.73 Å². The summed E-state index contributed by atoms with van der Waals surface area (Å²) in [4.78, 5) is -0.611. The van der Waals surface area contributed by atoms with Gasteiger partial charge in [0, 0.05) is 19.6 Å². The Kier molecular flexibility index (Phi) is 4.95. The van der Waals surface area contributed by atoms with Crippen LogP contribution in [0, 0.1) is 17.6 Å². The maximum absolute atomic E-state index is 13.9. The van der Waals surface area contributed by atoms with Crippen LogP contribution in [0.3, 0.4) is 0 Å². The minimum Gasteiger partial charge on any atom is -0.326 e. The summed E-state index contributed by atoms with van der Waals surface area (Å²) in [6.45, 7) is 2.65. The zero-order valence-corrected chi connectivity index (χ0v) is 12.8. The van der Waals surface area contributed by atoms with Crippen molar-refractivity contribution in [3.05, 3.63) is 29.3 Å². The molecule has 21 heavy (non-hydrogen) atoms. The van der Waals surface area contributed by atoms with Crippen molar-refractivity contribution >= 4 is 10.0 Å². The number of hydrogen-bond donors (Lipinski definition) is 1. The van der Waals surface area contributed by atoms with Gasteiger partial charge in [-0.25, -0.2) is 17.2 Å². The van der Waals surface area contributed by atoms with Crippen LogP contribution in [-0.4, -0.2) is 25.8 Å². The molecule has 0 bridgehead atoms. The number of nitrogens with zero attached hydrogens (tertiary/aromatic N) is 1. The quantitative estimate of drug-likeness (QED) is 0.926. The Hall–Kier alpha value is -1.05. The fourth-order valence-electron chi connectivity index (χ4n) is 2.64. The van der Waals surface area contributed by atoms with Gasteiger partial charge in [-0.2, -0.15) is 4.31 Å². The van der Waals surface area contributed by atoms with E-state index >= 15 is 0 Å². The molecule has 118 valence electrons. The minimum absolute atomic E-state index is 0.0443. The molecule has 1 unspecified atom stereocenters. The molecule has 0 amide bonds. The van der Waals surface area contributed by atoms with Crippen molar-refractivity contribution in [1.29, 1.82) is 0 Å². The number of sulfonamides is 1. The van der Waals surface area contributed by atoms with E-state index in [4.69, 9.17) is 5.73 Å². The van der Waals surface area contributed by atoms with Gasteiger partial charge in [0.15, 0.2) is 11.6 Å². The van der Waals surface area contributed by atoms with Gasteiger partial charge >= 0.3 is 0 Å². The smallest absolute Gasteiger partial charge is 0.246 e. The molecule has 1 heterocycles. The molecule has 7 heteroatoms. The molecule has 2 rings (SSSR count). The van der Waals surface area contributed by atoms with Gasteiger partial charge in [-0.1, -0.05) is 13.3 Å². The zero-order chi connectivity index (χ0) is 15.6. The Morgan fingerprint density at radius 2 is 2.10 bits per heavy atom. The van der Waals surface area contributed by atoms with Crippen LogP contribution in [-0.2, 0) is 16.6 Å². The zero-order valence-electron chi connectivity index (χ0n) is 12.0. The molecule has 0 aromatic heterocycles. The van der Waals surface area contributed by atoms with E-state index in [2.05, 4.69) is 0 Å². The summed E-state index contributed by atoms with van der Waals surface area (Å²) in [6.07, 6.45) is 2.56. The van der Waals surface area contributed by atoms with Crippen molar-refractivity contribution in [3.63, 3.8) is 0 Å². The molecule has 1 aliphatic rings. The van der Waals surface area contributed by atoms with Crippen LogP contribution >= 0.6 is 0 Å². The summed E-state index contributed by atoms with van der Waals surface area (Å²) < 4.78 is 53.9.